The number of carbonyl (C=O) groups is 2. The van der Waals surface area contributed by atoms with Crippen LogP contribution in [0.2, 0.25) is 0 Å². The number of ketones is 1. The van der Waals surface area contributed by atoms with E-state index < -0.39 is 5.97 Å². The maximum absolute atomic E-state index is 13.3. The Morgan fingerprint density at radius 2 is 1.52 bits per heavy atom. The summed E-state index contributed by atoms with van der Waals surface area (Å²) >= 11 is 7.98. The molecule has 0 amide bonds. The fourth-order valence-electron chi connectivity index (χ4n) is 2.62. The Hall–Kier alpha value is -1.96. The molecule has 0 spiro atoms. The summed E-state index contributed by atoms with van der Waals surface area (Å²) in [6, 6.07) is 14.5. The third-order valence-electron chi connectivity index (χ3n) is 3.85. The minimum atomic E-state index is -0.588. The van der Waals surface area contributed by atoms with Gasteiger partial charge >= 0.3 is 5.97 Å². The van der Waals surface area contributed by atoms with E-state index >= 15 is 0 Å². The van der Waals surface area contributed by atoms with Gasteiger partial charge in [0.25, 0.3) is 0 Å². The van der Waals surface area contributed by atoms with Crippen LogP contribution >= 0.6 is 43.2 Å². The maximum Gasteiger partial charge on any atom is 0.341 e. The standard InChI is InChI=1S/C20H15Br2NO3S/c1-2-26-20(25)16-15(17(24)11-3-7-13(21)8-4-11)18(27-19(16)23)12-5-9-14(22)10-6-12/h3-10H,2,23H2,1H3. The normalized spacial score (nSPS) is 10.6. The van der Waals surface area contributed by atoms with E-state index in [4.69, 9.17) is 10.5 Å². The first-order chi connectivity index (χ1) is 12.9. The average Bonchev–Trinajstić information content (AvgIpc) is 3.00. The van der Waals surface area contributed by atoms with Crippen LogP contribution in [0.5, 0.6) is 0 Å². The van der Waals surface area contributed by atoms with Crippen LogP contribution in [0.1, 0.15) is 33.2 Å². The molecule has 2 N–H and O–H groups in total. The van der Waals surface area contributed by atoms with Crippen molar-refractivity contribution in [2.24, 2.45) is 0 Å². The first kappa shape index (κ1) is 19.8. The Kier molecular flexibility index (Phi) is 6.14. The summed E-state index contributed by atoms with van der Waals surface area (Å²) in [4.78, 5) is 26.4. The fourth-order valence-corrected chi connectivity index (χ4v) is 4.21. The summed E-state index contributed by atoms with van der Waals surface area (Å²) in [7, 11) is 0. The number of esters is 1. The quantitative estimate of drug-likeness (QED) is 0.342. The minimum absolute atomic E-state index is 0.132. The SMILES string of the molecule is CCOC(=O)c1c(N)sc(-c2ccc(Br)cc2)c1C(=O)c1ccc(Br)cc1. The van der Waals surface area contributed by atoms with Crippen LogP contribution in [0, 0.1) is 0 Å². The van der Waals surface area contributed by atoms with Crippen molar-refractivity contribution in [2.45, 2.75) is 6.92 Å². The first-order valence-electron chi connectivity index (χ1n) is 8.08. The highest BCUT2D eigenvalue weighted by Crippen LogP contribution is 2.40. The Bertz CT molecular complexity index is 995. The number of rotatable bonds is 5. The van der Waals surface area contributed by atoms with Gasteiger partial charge in [0.15, 0.2) is 5.78 Å². The summed E-state index contributed by atoms with van der Waals surface area (Å²) < 4.78 is 6.93. The first-order valence-corrected chi connectivity index (χ1v) is 10.5. The molecule has 2 aromatic carbocycles. The van der Waals surface area contributed by atoms with Crippen LogP contribution < -0.4 is 5.73 Å². The van der Waals surface area contributed by atoms with Crippen molar-refractivity contribution in [3.05, 3.63) is 74.2 Å². The van der Waals surface area contributed by atoms with E-state index in [-0.39, 0.29) is 28.5 Å². The highest BCUT2D eigenvalue weighted by Gasteiger charge is 2.29. The molecule has 0 fully saturated rings. The van der Waals surface area contributed by atoms with Crippen molar-refractivity contribution in [2.75, 3.05) is 12.3 Å². The lowest BCUT2D eigenvalue weighted by Gasteiger charge is -2.08. The molecule has 0 radical (unpaired) electrons. The molecular formula is C20H15Br2NO3S. The van der Waals surface area contributed by atoms with Gasteiger partial charge in [0, 0.05) is 19.4 Å². The van der Waals surface area contributed by atoms with Crippen molar-refractivity contribution in [1.82, 2.24) is 0 Å². The van der Waals surface area contributed by atoms with Gasteiger partial charge in [-0.25, -0.2) is 4.79 Å². The van der Waals surface area contributed by atoms with Gasteiger partial charge in [0.1, 0.15) is 10.6 Å². The Morgan fingerprint density at radius 1 is 0.963 bits per heavy atom. The molecule has 1 heterocycles. The molecule has 0 aliphatic heterocycles. The zero-order valence-corrected chi connectivity index (χ0v) is 18.3. The van der Waals surface area contributed by atoms with Gasteiger partial charge in [0.2, 0.25) is 0 Å². The smallest absolute Gasteiger partial charge is 0.341 e. The maximum atomic E-state index is 13.3. The lowest BCUT2D eigenvalue weighted by molar-refractivity contribution is 0.0525. The number of anilines is 1. The van der Waals surface area contributed by atoms with Gasteiger partial charge in [-0.05, 0) is 48.9 Å². The van der Waals surface area contributed by atoms with Gasteiger partial charge in [-0.2, -0.15) is 0 Å². The van der Waals surface area contributed by atoms with E-state index in [0.29, 0.717) is 10.4 Å². The lowest BCUT2D eigenvalue weighted by Crippen LogP contribution is -2.13. The van der Waals surface area contributed by atoms with Gasteiger partial charge in [-0.15, -0.1) is 11.3 Å². The molecule has 0 atom stereocenters. The largest absolute Gasteiger partial charge is 0.462 e. The molecule has 0 aliphatic carbocycles. The van der Waals surface area contributed by atoms with E-state index in [9.17, 15) is 9.59 Å². The molecule has 138 valence electrons. The number of ether oxygens (including phenoxy) is 1. The van der Waals surface area contributed by atoms with E-state index in [0.717, 1.165) is 14.5 Å². The van der Waals surface area contributed by atoms with Crippen LogP contribution in [-0.2, 0) is 4.74 Å². The second-order valence-electron chi connectivity index (χ2n) is 5.61. The number of halogens is 2. The molecule has 0 bridgehead atoms. The van der Waals surface area contributed by atoms with E-state index in [1.807, 2.05) is 24.3 Å². The molecule has 3 rings (SSSR count). The number of nitrogens with two attached hydrogens (primary N) is 1. The van der Waals surface area contributed by atoms with Crippen molar-refractivity contribution in [3.63, 3.8) is 0 Å². The third kappa shape index (κ3) is 4.15. The highest BCUT2D eigenvalue weighted by atomic mass is 79.9. The molecule has 4 nitrogen and oxygen atoms in total. The summed E-state index contributed by atoms with van der Waals surface area (Å²) in [5, 5.41) is 0.270. The Balaban J connectivity index is 2.21. The van der Waals surface area contributed by atoms with Crippen molar-refractivity contribution in [3.8, 4) is 10.4 Å². The molecule has 0 unspecified atom stereocenters. The monoisotopic (exact) mass is 507 g/mol. The summed E-state index contributed by atoms with van der Waals surface area (Å²) in [5.74, 6) is -0.855. The third-order valence-corrected chi connectivity index (χ3v) is 5.98. The number of hydrogen-bond donors (Lipinski definition) is 1. The Labute approximate surface area is 177 Å². The van der Waals surface area contributed by atoms with Crippen LogP contribution in [0.25, 0.3) is 10.4 Å². The molecule has 7 heteroatoms. The van der Waals surface area contributed by atoms with E-state index in [2.05, 4.69) is 31.9 Å². The Morgan fingerprint density at radius 3 is 2.07 bits per heavy atom. The molecule has 0 saturated heterocycles. The number of hydrogen-bond acceptors (Lipinski definition) is 5. The number of benzene rings is 2. The summed E-state index contributed by atoms with van der Waals surface area (Å²) in [6.07, 6.45) is 0. The second kappa shape index (κ2) is 8.37. The van der Waals surface area contributed by atoms with Gasteiger partial charge in [-0.1, -0.05) is 44.0 Å². The zero-order valence-electron chi connectivity index (χ0n) is 14.3. The molecule has 1 aromatic heterocycles. The molecule has 0 saturated carbocycles. The predicted octanol–water partition coefficient (Wildman–Crippen LogP) is 5.93. The molecule has 3 aromatic rings. The fraction of sp³-hybridized carbons (Fsp3) is 0.100. The minimum Gasteiger partial charge on any atom is -0.462 e. The average molecular weight is 509 g/mol. The van der Waals surface area contributed by atoms with Crippen molar-refractivity contribution in [1.29, 1.82) is 0 Å². The lowest BCUT2D eigenvalue weighted by atomic mass is 9.97. The highest BCUT2D eigenvalue weighted by molar-refractivity contribution is 9.10. The van der Waals surface area contributed by atoms with Crippen molar-refractivity contribution >= 4 is 60.0 Å². The number of nitrogen functional groups attached to an aromatic ring is 1. The van der Waals surface area contributed by atoms with E-state index in [1.54, 1.807) is 31.2 Å². The topological polar surface area (TPSA) is 69.4 Å². The predicted molar refractivity (Wildman–Crippen MR) is 115 cm³/mol. The zero-order chi connectivity index (χ0) is 19.6. The molecular weight excluding hydrogens is 494 g/mol. The molecule has 0 aliphatic rings. The van der Waals surface area contributed by atoms with Crippen LogP contribution in [0.4, 0.5) is 5.00 Å². The number of thiophene rings is 1. The summed E-state index contributed by atoms with van der Waals surface area (Å²) in [6.45, 7) is 1.92. The van der Waals surface area contributed by atoms with Gasteiger partial charge in [0.05, 0.1) is 12.2 Å². The van der Waals surface area contributed by atoms with E-state index in [1.165, 1.54) is 11.3 Å². The van der Waals surface area contributed by atoms with Gasteiger partial charge in [-0.3, -0.25) is 4.79 Å². The van der Waals surface area contributed by atoms with Crippen LogP contribution in [0.3, 0.4) is 0 Å². The second-order valence-corrected chi connectivity index (χ2v) is 8.49. The van der Waals surface area contributed by atoms with Crippen LogP contribution in [-0.4, -0.2) is 18.4 Å². The summed E-state index contributed by atoms with van der Waals surface area (Å²) in [5.41, 5.74) is 7.82. The van der Waals surface area contributed by atoms with Crippen molar-refractivity contribution < 1.29 is 14.3 Å². The van der Waals surface area contributed by atoms with Crippen LogP contribution in [0.15, 0.2) is 57.5 Å². The number of carbonyl (C=O) groups excluding carboxylic acids is 2. The molecule has 27 heavy (non-hydrogen) atoms. The van der Waals surface area contributed by atoms with Gasteiger partial charge < -0.3 is 10.5 Å².